The average Bonchev–Trinajstić information content (AvgIpc) is 2.72. The zero-order chi connectivity index (χ0) is 18.1. The van der Waals surface area contributed by atoms with Gasteiger partial charge in [0.25, 0.3) is 5.91 Å². The molecule has 0 aliphatic carbocycles. The lowest BCUT2D eigenvalue weighted by molar-refractivity contribution is 0.00578. The molecule has 1 heterocycles. The van der Waals surface area contributed by atoms with Gasteiger partial charge in [0.05, 0.1) is 11.2 Å². The summed E-state index contributed by atoms with van der Waals surface area (Å²) < 4.78 is 12.0. The molecule has 1 aliphatic rings. The highest BCUT2D eigenvalue weighted by Crippen LogP contribution is 2.36. The smallest absolute Gasteiger partial charge is 0.399 e. The van der Waals surface area contributed by atoms with Crippen LogP contribution in [0.1, 0.15) is 62.3 Å². The zero-order valence-corrected chi connectivity index (χ0v) is 15.3. The molecule has 0 aromatic heterocycles. The van der Waals surface area contributed by atoms with Gasteiger partial charge in [0.15, 0.2) is 0 Å². The van der Waals surface area contributed by atoms with Crippen molar-refractivity contribution >= 4 is 24.8 Å². The van der Waals surface area contributed by atoms with E-state index < -0.39 is 18.3 Å². The Bertz CT molecular complexity index is 624. The van der Waals surface area contributed by atoms with Gasteiger partial charge < -0.3 is 14.6 Å². The third kappa shape index (κ3) is 3.87. The zero-order valence-electron chi connectivity index (χ0n) is 15.3. The van der Waals surface area contributed by atoms with Crippen LogP contribution in [-0.2, 0) is 9.31 Å². The second-order valence-electron chi connectivity index (χ2n) is 7.70. The molecule has 1 aromatic rings. The maximum atomic E-state index is 12.3. The van der Waals surface area contributed by atoms with Gasteiger partial charge in [0.1, 0.15) is 6.29 Å². The van der Waals surface area contributed by atoms with Gasteiger partial charge in [-0.1, -0.05) is 19.9 Å². The molecular weight excluding hydrogens is 305 g/mol. The largest absolute Gasteiger partial charge is 0.494 e. The van der Waals surface area contributed by atoms with E-state index in [-0.39, 0.29) is 5.91 Å². The van der Waals surface area contributed by atoms with Crippen LogP contribution in [0.25, 0.3) is 0 Å². The maximum absolute atomic E-state index is 12.3. The maximum Gasteiger partial charge on any atom is 0.494 e. The molecule has 1 saturated heterocycles. The molecular formula is C18H26BNO4. The van der Waals surface area contributed by atoms with Crippen LogP contribution < -0.4 is 10.8 Å². The van der Waals surface area contributed by atoms with Gasteiger partial charge in [-0.05, 0) is 51.2 Å². The van der Waals surface area contributed by atoms with Crippen LogP contribution in [0.5, 0.6) is 0 Å². The first-order valence-electron chi connectivity index (χ1n) is 8.30. The number of rotatable bonds is 5. The van der Waals surface area contributed by atoms with Crippen molar-refractivity contribution in [1.29, 1.82) is 0 Å². The number of amides is 1. The first-order chi connectivity index (χ1) is 11.1. The second-order valence-corrected chi connectivity index (χ2v) is 7.70. The Morgan fingerprint density at radius 3 is 2.25 bits per heavy atom. The summed E-state index contributed by atoms with van der Waals surface area (Å²) >= 11 is 0. The van der Waals surface area contributed by atoms with Gasteiger partial charge in [0.2, 0.25) is 0 Å². The van der Waals surface area contributed by atoms with Crippen LogP contribution >= 0.6 is 0 Å². The van der Waals surface area contributed by atoms with E-state index >= 15 is 0 Å². The summed E-state index contributed by atoms with van der Waals surface area (Å²) in [6.07, 6.45) is 0.730. The molecule has 130 valence electrons. The fourth-order valence-electron chi connectivity index (χ4n) is 2.39. The third-order valence-corrected chi connectivity index (χ3v) is 4.57. The Morgan fingerprint density at radius 1 is 1.17 bits per heavy atom. The number of benzene rings is 1. The molecule has 1 aliphatic heterocycles. The minimum absolute atomic E-state index is 0.204. The lowest BCUT2D eigenvalue weighted by atomic mass is 9.77. The standard InChI is InChI=1S/C18H26BNO4/c1-12(2)10-20-16(22)14-7-13(11-21)8-15(9-14)19-23-17(3,4)18(5,6)24-19/h7-9,11-12H,10H2,1-6H3,(H,20,22). The molecule has 1 amide bonds. The van der Waals surface area contributed by atoms with Crippen molar-refractivity contribution in [1.82, 2.24) is 5.32 Å². The highest BCUT2D eigenvalue weighted by Gasteiger charge is 2.51. The molecule has 0 atom stereocenters. The van der Waals surface area contributed by atoms with E-state index in [4.69, 9.17) is 9.31 Å². The monoisotopic (exact) mass is 331 g/mol. The normalized spacial score (nSPS) is 18.7. The van der Waals surface area contributed by atoms with E-state index in [1.807, 2.05) is 41.5 Å². The number of aldehydes is 1. The van der Waals surface area contributed by atoms with E-state index in [1.54, 1.807) is 18.2 Å². The quantitative estimate of drug-likeness (QED) is 0.663. The van der Waals surface area contributed by atoms with Crippen molar-refractivity contribution in [2.45, 2.75) is 52.7 Å². The van der Waals surface area contributed by atoms with Crippen molar-refractivity contribution in [2.75, 3.05) is 6.54 Å². The van der Waals surface area contributed by atoms with Gasteiger partial charge in [-0.3, -0.25) is 9.59 Å². The number of carbonyl (C=O) groups is 2. The molecule has 1 fully saturated rings. The number of nitrogens with one attached hydrogen (secondary N) is 1. The molecule has 5 nitrogen and oxygen atoms in total. The van der Waals surface area contributed by atoms with Gasteiger partial charge in [0, 0.05) is 17.7 Å². The highest BCUT2D eigenvalue weighted by molar-refractivity contribution is 6.62. The minimum atomic E-state index is -0.605. The first kappa shape index (κ1) is 18.7. The van der Waals surface area contributed by atoms with Gasteiger partial charge >= 0.3 is 7.12 Å². The Balaban J connectivity index is 2.30. The van der Waals surface area contributed by atoms with Crippen LogP contribution in [-0.4, -0.2) is 37.1 Å². The van der Waals surface area contributed by atoms with Crippen LogP contribution in [0.3, 0.4) is 0 Å². The Labute approximate surface area is 144 Å². The molecule has 0 spiro atoms. The van der Waals surface area contributed by atoms with E-state index in [0.29, 0.717) is 29.1 Å². The van der Waals surface area contributed by atoms with E-state index in [9.17, 15) is 9.59 Å². The molecule has 0 bridgehead atoms. The van der Waals surface area contributed by atoms with Crippen molar-refractivity contribution in [3.05, 3.63) is 29.3 Å². The minimum Gasteiger partial charge on any atom is -0.399 e. The Hall–Kier alpha value is -1.66. The van der Waals surface area contributed by atoms with Crippen molar-refractivity contribution < 1.29 is 18.9 Å². The lowest BCUT2D eigenvalue weighted by Gasteiger charge is -2.32. The molecule has 1 N–H and O–H groups in total. The average molecular weight is 331 g/mol. The van der Waals surface area contributed by atoms with E-state index in [1.165, 1.54) is 0 Å². The summed E-state index contributed by atoms with van der Waals surface area (Å²) in [4.78, 5) is 23.6. The fourth-order valence-corrected chi connectivity index (χ4v) is 2.39. The summed E-state index contributed by atoms with van der Waals surface area (Å²) in [5.74, 6) is 0.149. The topological polar surface area (TPSA) is 64.6 Å². The molecule has 0 unspecified atom stereocenters. The first-order valence-corrected chi connectivity index (χ1v) is 8.30. The lowest BCUT2D eigenvalue weighted by Crippen LogP contribution is -2.41. The summed E-state index contributed by atoms with van der Waals surface area (Å²) in [6, 6.07) is 5.01. The van der Waals surface area contributed by atoms with E-state index in [0.717, 1.165) is 6.29 Å². The van der Waals surface area contributed by atoms with Crippen LogP contribution in [0, 0.1) is 5.92 Å². The molecule has 6 heteroatoms. The number of hydrogen-bond donors (Lipinski definition) is 1. The molecule has 0 saturated carbocycles. The van der Waals surface area contributed by atoms with Crippen LogP contribution in [0.15, 0.2) is 18.2 Å². The van der Waals surface area contributed by atoms with Gasteiger partial charge in [-0.25, -0.2) is 0 Å². The van der Waals surface area contributed by atoms with Gasteiger partial charge in [-0.15, -0.1) is 0 Å². The molecule has 24 heavy (non-hydrogen) atoms. The highest BCUT2D eigenvalue weighted by atomic mass is 16.7. The Kier molecular flexibility index (Phi) is 5.21. The molecule has 1 aromatic carbocycles. The van der Waals surface area contributed by atoms with Crippen LogP contribution in [0.2, 0.25) is 0 Å². The summed E-state index contributed by atoms with van der Waals surface area (Å²) in [7, 11) is -0.605. The predicted molar refractivity (Wildman–Crippen MR) is 94.7 cm³/mol. The third-order valence-electron chi connectivity index (χ3n) is 4.57. The van der Waals surface area contributed by atoms with Gasteiger partial charge in [-0.2, -0.15) is 0 Å². The predicted octanol–water partition coefficient (Wildman–Crippen LogP) is 2.18. The SMILES string of the molecule is CC(C)CNC(=O)c1cc(C=O)cc(B2OC(C)(C)C(C)(C)O2)c1. The molecule has 2 rings (SSSR count). The van der Waals surface area contributed by atoms with Crippen molar-refractivity contribution in [2.24, 2.45) is 5.92 Å². The van der Waals surface area contributed by atoms with Crippen molar-refractivity contribution in [3.8, 4) is 0 Å². The Morgan fingerprint density at radius 2 is 1.75 bits per heavy atom. The van der Waals surface area contributed by atoms with Crippen LogP contribution in [0.4, 0.5) is 0 Å². The summed E-state index contributed by atoms with van der Waals surface area (Å²) in [6.45, 7) is 12.5. The second kappa shape index (κ2) is 6.69. The number of carbonyl (C=O) groups excluding carboxylic acids is 2. The summed E-state index contributed by atoms with van der Waals surface area (Å²) in [5.41, 5.74) is 0.582. The molecule has 0 radical (unpaired) electrons. The van der Waals surface area contributed by atoms with Crippen molar-refractivity contribution in [3.63, 3.8) is 0 Å². The fraction of sp³-hybridized carbons (Fsp3) is 0.556. The van der Waals surface area contributed by atoms with E-state index in [2.05, 4.69) is 5.32 Å². The summed E-state index contributed by atoms with van der Waals surface area (Å²) in [5, 5.41) is 2.86. The number of hydrogen-bond acceptors (Lipinski definition) is 4.